The van der Waals surface area contributed by atoms with Crippen molar-refractivity contribution in [2.75, 3.05) is 12.8 Å². The summed E-state index contributed by atoms with van der Waals surface area (Å²) in [4.78, 5) is 12.9. The molecule has 3 N–H and O–H groups in total. The van der Waals surface area contributed by atoms with Crippen LogP contribution < -0.4 is 11.1 Å². The number of thioether (sulfide) groups is 1. The number of rotatable bonds is 4. The zero-order valence-electron chi connectivity index (χ0n) is 10.3. The molecule has 0 spiro atoms. The SMILES string of the molecule is CSc1ccccc1C(=O)NCC(C)(C)N.Cl. The van der Waals surface area contributed by atoms with Gasteiger partial charge >= 0.3 is 0 Å². The minimum Gasteiger partial charge on any atom is -0.350 e. The van der Waals surface area contributed by atoms with Gasteiger partial charge < -0.3 is 11.1 Å². The zero-order valence-corrected chi connectivity index (χ0v) is 12.0. The van der Waals surface area contributed by atoms with E-state index in [2.05, 4.69) is 5.32 Å². The minimum absolute atomic E-state index is 0. The Morgan fingerprint density at radius 2 is 2.00 bits per heavy atom. The molecular formula is C12H19ClN2OS. The average Bonchev–Trinajstić information content (AvgIpc) is 2.25. The Kier molecular flexibility index (Phi) is 6.60. The molecule has 0 aliphatic rings. The molecule has 0 fully saturated rings. The van der Waals surface area contributed by atoms with E-state index >= 15 is 0 Å². The first-order valence-corrected chi connectivity index (χ1v) is 6.36. The number of halogens is 1. The number of amides is 1. The van der Waals surface area contributed by atoms with Gasteiger partial charge in [0, 0.05) is 17.0 Å². The van der Waals surface area contributed by atoms with Crippen molar-refractivity contribution < 1.29 is 4.79 Å². The van der Waals surface area contributed by atoms with Crippen LogP contribution in [0.4, 0.5) is 0 Å². The lowest BCUT2D eigenvalue weighted by molar-refractivity contribution is 0.0943. The summed E-state index contributed by atoms with van der Waals surface area (Å²) in [5.74, 6) is -0.0662. The number of nitrogens with two attached hydrogens (primary N) is 1. The van der Waals surface area contributed by atoms with Crippen LogP contribution in [-0.2, 0) is 0 Å². The van der Waals surface area contributed by atoms with Gasteiger partial charge in [-0.3, -0.25) is 4.79 Å². The van der Waals surface area contributed by atoms with Gasteiger partial charge in [-0.2, -0.15) is 0 Å². The molecule has 0 aliphatic carbocycles. The van der Waals surface area contributed by atoms with Crippen LogP contribution in [0.25, 0.3) is 0 Å². The molecule has 0 heterocycles. The maximum atomic E-state index is 11.9. The molecule has 1 aromatic rings. The highest BCUT2D eigenvalue weighted by Crippen LogP contribution is 2.19. The number of carbonyl (C=O) groups is 1. The topological polar surface area (TPSA) is 55.1 Å². The summed E-state index contributed by atoms with van der Waals surface area (Å²) in [6.45, 7) is 4.23. The monoisotopic (exact) mass is 274 g/mol. The van der Waals surface area contributed by atoms with Crippen LogP contribution in [0.1, 0.15) is 24.2 Å². The summed E-state index contributed by atoms with van der Waals surface area (Å²) in [5, 5.41) is 2.84. The molecule has 1 aromatic carbocycles. The molecule has 0 aliphatic heterocycles. The van der Waals surface area contributed by atoms with Crippen molar-refractivity contribution in [1.29, 1.82) is 0 Å². The van der Waals surface area contributed by atoms with E-state index in [0.717, 1.165) is 4.90 Å². The Labute approximate surface area is 113 Å². The van der Waals surface area contributed by atoms with E-state index in [0.29, 0.717) is 12.1 Å². The molecule has 96 valence electrons. The van der Waals surface area contributed by atoms with E-state index in [1.165, 1.54) is 0 Å². The summed E-state index contributed by atoms with van der Waals surface area (Å²) in [6.07, 6.45) is 1.96. The van der Waals surface area contributed by atoms with E-state index in [9.17, 15) is 4.79 Å². The summed E-state index contributed by atoms with van der Waals surface area (Å²) in [7, 11) is 0. The molecule has 0 radical (unpaired) electrons. The summed E-state index contributed by atoms with van der Waals surface area (Å²) < 4.78 is 0. The van der Waals surface area contributed by atoms with Gasteiger partial charge in [0.25, 0.3) is 5.91 Å². The molecule has 5 heteroatoms. The van der Waals surface area contributed by atoms with Gasteiger partial charge in [0.1, 0.15) is 0 Å². The van der Waals surface area contributed by atoms with Gasteiger partial charge in [-0.1, -0.05) is 12.1 Å². The second-order valence-electron chi connectivity index (χ2n) is 4.37. The summed E-state index contributed by atoms with van der Waals surface area (Å²) in [6, 6.07) is 7.55. The van der Waals surface area contributed by atoms with Crippen LogP contribution in [0.5, 0.6) is 0 Å². The third kappa shape index (κ3) is 5.44. The number of nitrogens with one attached hydrogen (secondary N) is 1. The van der Waals surface area contributed by atoms with Gasteiger partial charge in [0.05, 0.1) is 5.56 Å². The molecule has 0 saturated heterocycles. The van der Waals surface area contributed by atoms with E-state index in [4.69, 9.17) is 5.73 Å². The molecule has 0 atom stereocenters. The third-order valence-corrected chi connectivity index (χ3v) is 2.85. The van der Waals surface area contributed by atoms with Gasteiger partial charge in [0.2, 0.25) is 0 Å². The van der Waals surface area contributed by atoms with Crippen molar-refractivity contribution in [1.82, 2.24) is 5.32 Å². The van der Waals surface area contributed by atoms with E-state index in [-0.39, 0.29) is 23.9 Å². The van der Waals surface area contributed by atoms with Gasteiger partial charge in [0.15, 0.2) is 0 Å². The highest BCUT2D eigenvalue weighted by Gasteiger charge is 2.14. The fourth-order valence-electron chi connectivity index (χ4n) is 1.24. The Morgan fingerprint density at radius 3 is 2.53 bits per heavy atom. The number of hydrogen-bond acceptors (Lipinski definition) is 3. The van der Waals surface area contributed by atoms with E-state index in [1.54, 1.807) is 11.8 Å². The summed E-state index contributed by atoms with van der Waals surface area (Å²) in [5.41, 5.74) is 6.14. The van der Waals surface area contributed by atoms with E-state index in [1.807, 2.05) is 44.4 Å². The highest BCUT2D eigenvalue weighted by atomic mass is 35.5. The Morgan fingerprint density at radius 1 is 1.41 bits per heavy atom. The third-order valence-electron chi connectivity index (χ3n) is 2.06. The zero-order chi connectivity index (χ0) is 12.2. The Bertz CT molecular complexity index is 377. The van der Waals surface area contributed by atoms with Gasteiger partial charge in [-0.05, 0) is 32.2 Å². The van der Waals surface area contributed by atoms with Gasteiger partial charge in [-0.25, -0.2) is 0 Å². The van der Waals surface area contributed by atoms with Crippen molar-refractivity contribution in [3.05, 3.63) is 29.8 Å². The van der Waals surface area contributed by atoms with Crippen LogP contribution in [0, 0.1) is 0 Å². The van der Waals surface area contributed by atoms with Crippen molar-refractivity contribution in [3.8, 4) is 0 Å². The molecule has 0 aromatic heterocycles. The molecule has 0 unspecified atom stereocenters. The predicted molar refractivity (Wildman–Crippen MR) is 76.1 cm³/mol. The standard InChI is InChI=1S/C12H18N2OS.ClH/c1-12(2,13)8-14-11(15)9-6-4-5-7-10(9)16-3;/h4-7H,8,13H2,1-3H3,(H,14,15);1H. The molecule has 1 rings (SSSR count). The Balaban J connectivity index is 0.00000256. The quantitative estimate of drug-likeness (QED) is 0.829. The smallest absolute Gasteiger partial charge is 0.252 e. The van der Waals surface area contributed by atoms with E-state index < -0.39 is 0 Å². The molecule has 17 heavy (non-hydrogen) atoms. The first-order chi connectivity index (χ1) is 7.44. The molecule has 0 saturated carbocycles. The van der Waals surface area contributed by atoms with Gasteiger partial charge in [-0.15, -0.1) is 24.2 Å². The van der Waals surface area contributed by atoms with Crippen molar-refractivity contribution in [2.45, 2.75) is 24.3 Å². The number of benzene rings is 1. The molecule has 0 bridgehead atoms. The minimum atomic E-state index is -0.385. The first-order valence-electron chi connectivity index (χ1n) is 5.14. The van der Waals surface area contributed by atoms with Crippen molar-refractivity contribution in [3.63, 3.8) is 0 Å². The maximum absolute atomic E-state index is 11.9. The molecular weight excluding hydrogens is 256 g/mol. The predicted octanol–water partition coefficient (Wildman–Crippen LogP) is 2.30. The van der Waals surface area contributed by atoms with Crippen molar-refractivity contribution in [2.24, 2.45) is 5.73 Å². The normalized spacial score (nSPS) is 10.6. The Hall–Kier alpha value is -0.710. The van der Waals surface area contributed by atoms with Crippen LogP contribution >= 0.6 is 24.2 Å². The van der Waals surface area contributed by atoms with Crippen LogP contribution in [0.3, 0.4) is 0 Å². The second kappa shape index (κ2) is 6.89. The lowest BCUT2D eigenvalue weighted by Gasteiger charge is -2.19. The lowest BCUT2D eigenvalue weighted by Crippen LogP contribution is -2.45. The van der Waals surface area contributed by atoms with Crippen molar-refractivity contribution >= 4 is 30.1 Å². The average molecular weight is 275 g/mol. The number of carbonyl (C=O) groups excluding carboxylic acids is 1. The van der Waals surface area contributed by atoms with Crippen LogP contribution in [0.15, 0.2) is 29.2 Å². The largest absolute Gasteiger partial charge is 0.350 e. The fourth-order valence-corrected chi connectivity index (χ4v) is 1.83. The highest BCUT2D eigenvalue weighted by molar-refractivity contribution is 7.98. The number of hydrogen-bond donors (Lipinski definition) is 2. The molecule has 3 nitrogen and oxygen atoms in total. The first kappa shape index (κ1) is 16.3. The molecule has 1 amide bonds. The lowest BCUT2D eigenvalue weighted by atomic mass is 10.1. The summed E-state index contributed by atoms with van der Waals surface area (Å²) >= 11 is 1.57. The maximum Gasteiger partial charge on any atom is 0.252 e. The van der Waals surface area contributed by atoms with Crippen LogP contribution in [0.2, 0.25) is 0 Å². The fraction of sp³-hybridized carbons (Fsp3) is 0.417. The second-order valence-corrected chi connectivity index (χ2v) is 5.22. The van der Waals surface area contributed by atoms with Crippen LogP contribution in [-0.4, -0.2) is 24.2 Å².